The van der Waals surface area contributed by atoms with Crippen LogP contribution in [-0.2, 0) is 52.7 Å². The molecule has 0 spiro atoms. The van der Waals surface area contributed by atoms with E-state index in [1.807, 2.05) is 0 Å². The number of carbonyl (C=O) groups is 11. The molecule has 0 aliphatic carbocycles. The number of esters is 11. The van der Waals surface area contributed by atoms with Gasteiger partial charge in [-0.3, -0.25) is 52.7 Å². The van der Waals surface area contributed by atoms with E-state index < -0.39 is 163 Å². The quantitative estimate of drug-likeness (QED) is 0.0614. The number of rotatable bonds is 17. The molecule has 0 atom stereocenters. The van der Waals surface area contributed by atoms with Crippen molar-refractivity contribution in [2.45, 2.75) is 76.2 Å². The van der Waals surface area contributed by atoms with Crippen LogP contribution in [-0.4, -0.2) is 65.7 Å². The Morgan fingerprint density at radius 2 is 0.494 bits per heavy atom. The molecule has 27 heteroatoms. The molecule has 1 aliphatic rings. The molecule has 0 bridgehead atoms. The zero-order valence-corrected chi connectivity index (χ0v) is 43.2. The highest BCUT2D eigenvalue weighted by Gasteiger charge is 2.38. The number of benzene rings is 5. The van der Waals surface area contributed by atoms with Gasteiger partial charge >= 0.3 is 65.7 Å². The highest BCUT2D eigenvalue weighted by Crippen LogP contribution is 2.63. The van der Waals surface area contributed by atoms with Crippen molar-refractivity contribution in [3.63, 3.8) is 0 Å². The summed E-state index contributed by atoms with van der Waals surface area (Å²) in [4.78, 5) is 137. The highest BCUT2D eigenvalue weighted by molar-refractivity contribution is 5.85. The third-order valence-corrected chi connectivity index (χ3v) is 8.95. The molecule has 5 aromatic rings. The lowest BCUT2D eigenvalue weighted by Crippen LogP contribution is -2.13. The van der Waals surface area contributed by atoms with E-state index in [1.165, 1.54) is 18.2 Å². The Morgan fingerprint density at radius 3 is 0.861 bits per heavy atom. The maximum Gasteiger partial charge on any atom is 0.308 e. The van der Waals surface area contributed by atoms with Gasteiger partial charge in [-0.2, -0.15) is 0 Å². The molecular formula is C52H42O27. The molecule has 0 fully saturated rings. The predicted octanol–water partition coefficient (Wildman–Crippen LogP) is 8.14. The first-order valence-electron chi connectivity index (χ1n) is 22.5. The van der Waals surface area contributed by atoms with Gasteiger partial charge in [0.2, 0.25) is 46.0 Å². The largest absolute Gasteiger partial charge is 0.449 e. The van der Waals surface area contributed by atoms with Gasteiger partial charge in [0.05, 0.1) is 0 Å². The van der Waals surface area contributed by atoms with Gasteiger partial charge in [-0.1, -0.05) is 0 Å². The normalized spacial score (nSPS) is 10.7. The molecule has 6 rings (SSSR count). The summed E-state index contributed by atoms with van der Waals surface area (Å²) in [5, 5.41) is 0. The first-order valence-corrected chi connectivity index (χ1v) is 22.5. The smallest absolute Gasteiger partial charge is 0.308 e. The fourth-order valence-electron chi connectivity index (χ4n) is 6.75. The second kappa shape index (κ2) is 24.3. The van der Waals surface area contributed by atoms with Crippen LogP contribution in [0.25, 0.3) is 0 Å². The van der Waals surface area contributed by atoms with E-state index in [1.54, 1.807) is 0 Å². The minimum atomic E-state index is -1.07. The van der Waals surface area contributed by atoms with Crippen LogP contribution >= 0.6 is 0 Å². The molecule has 0 saturated carbocycles. The lowest BCUT2D eigenvalue weighted by atomic mass is 10.2. The summed E-state index contributed by atoms with van der Waals surface area (Å²) >= 11 is 0. The van der Waals surface area contributed by atoms with Crippen molar-refractivity contribution < 1.29 is 129 Å². The first-order chi connectivity index (χ1) is 37.1. The van der Waals surface area contributed by atoms with Gasteiger partial charge in [0.25, 0.3) is 0 Å². The van der Waals surface area contributed by atoms with Gasteiger partial charge in [-0.05, 0) is 0 Å². The van der Waals surface area contributed by atoms with Crippen molar-refractivity contribution in [1.82, 2.24) is 0 Å². The SMILES string of the molecule is CC(=O)Oc1cc(OC(C)=O)cc(Oc2c(OC(C)=O)cc(Oc3c(OC(C)=O)cc4c(c3OC(C)=O)Oc3cc(Oc5c(OC(C)=O)cc(OC(C)=O)cc5OC(C)=O)c(OC(C)=O)c(OC(C)=O)c3O4)cc2OC(C)=O)c1. The number of hydrogen-bond donors (Lipinski definition) is 0. The van der Waals surface area contributed by atoms with Crippen LogP contribution in [0.15, 0.2) is 54.6 Å². The van der Waals surface area contributed by atoms with Crippen LogP contribution in [0.5, 0.6) is 121 Å². The van der Waals surface area contributed by atoms with Crippen molar-refractivity contribution in [2.75, 3.05) is 0 Å². The average molecular weight is 1100 g/mol. The summed E-state index contributed by atoms with van der Waals surface area (Å²) in [7, 11) is 0. The molecule has 0 saturated heterocycles. The van der Waals surface area contributed by atoms with Crippen molar-refractivity contribution in [3.8, 4) is 121 Å². The summed E-state index contributed by atoms with van der Waals surface area (Å²) in [5.41, 5.74) is 0. The monoisotopic (exact) mass is 1100 g/mol. The maximum atomic E-state index is 13.0. The van der Waals surface area contributed by atoms with Gasteiger partial charge in [0.15, 0.2) is 46.0 Å². The number of carbonyl (C=O) groups excluding carboxylic acids is 11. The topological polar surface area (TPSA) is 335 Å². The lowest BCUT2D eigenvalue weighted by molar-refractivity contribution is -0.134. The van der Waals surface area contributed by atoms with Gasteiger partial charge in [0.1, 0.15) is 28.7 Å². The summed E-state index contributed by atoms with van der Waals surface area (Å²) in [5.74, 6) is -21.2. The van der Waals surface area contributed by atoms with E-state index in [0.717, 1.165) is 113 Å². The Labute approximate surface area is 444 Å². The van der Waals surface area contributed by atoms with E-state index in [0.29, 0.717) is 0 Å². The summed E-state index contributed by atoms with van der Waals surface area (Å²) in [6, 6.07) is 9.49. The molecule has 0 aromatic heterocycles. The zero-order valence-electron chi connectivity index (χ0n) is 43.2. The van der Waals surface area contributed by atoms with Crippen molar-refractivity contribution in [1.29, 1.82) is 0 Å². The molecule has 412 valence electrons. The minimum absolute atomic E-state index is 0.174. The van der Waals surface area contributed by atoms with E-state index >= 15 is 0 Å². The van der Waals surface area contributed by atoms with Gasteiger partial charge in [-0.15, -0.1) is 0 Å². The molecule has 1 aliphatic heterocycles. The third-order valence-electron chi connectivity index (χ3n) is 8.95. The lowest BCUT2D eigenvalue weighted by Gasteiger charge is -2.27. The van der Waals surface area contributed by atoms with Gasteiger partial charge < -0.3 is 75.8 Å². The predicted molar refractivity (Wildman–Crippen MR) is 257 cm³/mol. The molecule has 0 radical (unpaired) electrons. The molecule has 0 N–H and O–H groups in total. The van der Waals surface area contributed by atoms with E-state index in [4.69, 9.17) is 75.8 Å². The Morgan fingerprint density at radius 1 is 0.241 bits per heavy atom. The highest BCUT2D eigenvalue weighted by atomic mass is 16.6. The van der Waals surface area contributed by atoms with Crippen molar-refractivity contribution in [3.05, 3.63) is 54.6 Å². The Bertz CT molecular complexity index is 3310. The van der Waals surface area contributed by atoms with Crippen LogP contribution in [0.2, 0.25) is 0 Å². The van der Waals surface area contributed by atoms with E-state index in [2.05, 4.69) is 0 Å². The minimum Gasteiger partial charge on any atom is -0.449 e. The van der Waals surface area contributed by atoms with Crippen LogP contribution < -0.4 is 75.8 Å². The molecule has 27 nitrogen and oxygen atoms in total. The molecule has 79 heavy (non-hydrogen) atoms. The average Bonchev–Trinajstić information content (AvgIpc) is 3.49. The van der Waals surface area contributed by atoms with Gasteiger partial charge in [-0.25, -0.2) is 0 Å². The fraction of sp³-hybridized carbons (Fsp3) is 0.212. The Balaban J connectivity index is 1.59. The summed E-state index contributed by atoms with van der Waals surface area (Å²) < 4.78 is 90.0. The summed E-state index contributed by atoms with van der Waals surface area (Å²) in [6.45, 7) is 11.0. The van der Waals surface area contributed by atoms with Crippen LogP contribution in [0.1, 0.15) is 76.2 Å². The zero-order chi connectivity index (χ0) is 58.2. The Kier molecular flexibility index (Phi) is 17.7. The van der Waals surface area contributed by atoms with Crippen molar-refractivity contribution in [2.24, 2.45) is 0 Å². The first kappa shape index (κ1) is 57.5. The number of fused-ring (bicyclic) bond motifs is 2. The molecule has 0 amide bonds. The van der Waals surface area contributed by atoms with Crippen molar-refractivity contribution >= 4 is 65.7 Å². The van der Waals surface area contributed by atoms with Crippen LogP contribution in [0.3, 0.4) is 0 Å². The van der Waals surface area contributed by atoms with Crippen LogP contribution in [0.4, 0.5) is 0 Å². The molecular weight excluding hydrogens is 1060 g/mol. The maximum absolute atomic E-state index is 13.0. The molecule has 0 unspecified atom stereocenters. The number of ether oxygens (including phenoxy) is 16. The summed E-state index contributed by atoms with van der Waals surface area (Å²) in [6.07, 6.45) is 0. The molecule has 1 heterocycles. The second-order valence-electron chi connectivity index (χ2n) is 15.9. The van der Waals surface area contributed by atoms with Gasteiger partial charge in [0, 0.05) is 131 Å². The Hall–Kier alpha value is -10.7. The standard InChI is InChI=1S/C52H42O27/c1-21(53)64-32-12-33(65-22(2)54)14-34(13-32)75-45-37(67-24(4)56)17-36(18-38(45)68-25(5)57)76-48-41(71-28(8)60)19-43-50(52(48)74-31(11)63)79-44-20-42(47(72-29(9)61)51(49(44)78-43)73-30(10)62)77-46-39(69-26(6)58)15-35(66-23(3)55)16-40(46)70-27(7)59/h12-20H,1-11H3. The van der Waals surface area contributed by atoms with E-state index in [9.17, 15) is 52.7 Å². The van der Waals surface area contributed by atoms with E-state index in [-0.39, 0.29) is 23.0 Å². The third kappa shape index (κ3) is 15.2. The second-order valence-corrected chi connectivity index (χ2v) is 15.9. The number of hydrogen-bond acceptors (Lipinski definition) is 27. The van der Waals surface area contributed by atoms with Crippen LogP contribution in [0, 0.1) is 0 Å². The molecule has 5 aromatic carbocycles. The fourth-order valence-corrected chi connectivity index (χ4v) is 6.75.